The maximum absolute atomic E-state index is 15.3. The molecule has 13 atom stereocenters. The first kappa shape index (κ1) is 104. The van der Waals surface area contributed by atoms with Crippen LogP contribution in [0.15, 0.2) is 127 Å². The zero-order valence-electron chi connectivity index (χ0n) is 73.5. The van der Waals surface area contributed by atoms with Gasteiger partial charge in [-0.3, -0.25) is 86.5 Å². The van der Waals surface area contributed by atoms with Crippen LogP contribution >= 0.6 is 11.8 Å². The van der Waals surface area contributed by atoms with E-state index < -0.39 is 241 Å². The van der Waals surface area contributed by atoms with Crippen molar-refractivity contribution in [3.63, 3.8) is 0 Å². The van der Waals surface area contributed by atoms with E-state index in [9.17, 15) is 82.8 Å². The average Bonchev–Trinajstić information content (AvgIpc) is 1.12. The van der Waals surface area contributed by atoms with E-state index >= 15 is 19.2 Å². The molecule has 0 radical (unpaired) electrons. The lowest BCUT2D eigenvalue weighted by atomic mass is 9.92. The van der Waals surface area contributed by atoms with E-state index in [2.05, 4.69) is 84.1 Å². The highest BCUT2D eigenvalue weighted by Crippen LogP contribution is 2.23. The highest BCUT2D eigenvalue weighted by atomic mass is 32.2. The number of carboxylic acid groups (broad SMARTS) is 3. The fraction of sp³-hybridized carbons (Fsp3) is 0.494. The molecule has 4 aromatic carbocycles. The SMILES string of the molecule is CCCCC[C@@H]1NC(=O)[C@H](CCCN/C(N)=N\C)NC(=O)[C@H](C)NC(=O)CSC[C@@H](C(N)=O)NC(=O)[C@H](CC(=O)O)NC(=O)[C@H](CCCCc2ccccc2)NC(=O)[C@H](Cc2ccc(-c3ccccc3)cc2)NC(=O)[C@H](CC(C)C)NC(=O)[C@H](C(C)C)NC(=O)[C@H](CCC(=O)O)NC(=O)[C@H](CC(=O)O)CC(=O)[C@H](Cc2c[nH]cn2)NC(=O)[C@H](Cc2ccc(O)cc2)NC1=O. The van der Waals surface area contributed by atoms with Crippen molar-refractivity contribution in [2.75, 3.05) is 25.1 Å². The van der Waals surface area contributed by atoms with Gasteiger partial charge in [0.15, 0.2) is 11.7 Å². The van der Waals surface area contributed by atoms with E-state index in [-0.39, 0.29) is 75.3 Å². The van der Waals surface area contributed by atoms with Gasteiger partial charge >= 0.3 is 17.9 Å². The first-order valence-corrected chi connectivity index (χ1v) is 44.1. The van der Waals surface area contributed by atoms with Gasteiger partial charge in [-0.15, -0.1) is 11.8 Å². The second kappa shape index (κ2) is 54.0. The van der Waals surface area contributed by atoms with Crippen LogP contribution in [0.2, 0.25) is 0 Å². The topological polar surface area (TPSA) is 621 Å². The predicted molar refractivity (Wildman–Crippen MR) is 477 cm³/mol. The van der Waals surface area contributed by atoms with Crippen molar-refractivity contribution < 1.29 is 102 Å². The molecule has 1 aliphatic heterocycles. The molecule has 0 spiro atoms. The number of guanidine groups is 1. The minimum atomic E-state index is -1.97. The Morgan fingerprint density at radius 1 is 0.496 bits per heavy atom. The molecular formula is C89H122N18O21S. The third-order valence-corrected chi connectivity index (χ3v) is 22.2. The fourth-order valence-electron chi connectivity index (χ4n) is 14.0. The zero-order chi connectivity index (χ0) is 94.8. The summed E-state index contributed by atoms with van der Waals surface area (Å²) in [7, 11) is 1.43. The Bertz CT molecular complexity index is 4640. The van der Waals surface area contributed by atoms with Crippen LogP contribution in [-0.4, -0.2) is 234 Å². The molecule has 13 amide bonds. The lowest BCUT2D eigenvalue weighted by molar-refractivity contribution is -0.143. The molecule has 0 unspecified atom stereocenters. The molecule has 22 N–H and O–H groups in total. The van der Waals surface area contributed by atoms with Crippen LogP contribution in [0.4, 0.5) is 0 Å². The van der Waals surface area contributed by atoms with Gasteiger partial charge in [0.05, 0.1) is 42.6 Å². The Kier molecular flexibility index (Phi) is 43.7. The van der Waals surface area contributed by atoms with Crippen molar-refractivity contribution >= 4 is 118 Å². The van der Waals surface area contributed by atoms with E-state index in [0.29, 0.717) is 43.2 Å². The third kappa shape index (κ3) is 37.3. The highest BCUT2D eigenvalue weighted by molar-refractivity contribution is 8.00. The van der Waals surface area contributed by atoms with Gasteiger partial charge in [-0.1, -0.05) is 157 Å². The van der Waals surface area contributed by atoms with Crippen molar-refractivity contribution in [2.45, 2.75) is 236 Å². The summed E-state index contributed by atoms with van der Waals surface area (Å²) in [6.45, 7) is 9.73. The van der Waals surface area contributed by atoms with Crippen LogP contribution in [0.25, 0.3) is 11.1 Å². The fourth-order valence-corrected chi connectivity index (χ4v) is 14.9. The van der Waals surface area contributed by atoms with Gasteiger partial charge in [0.1, 0.15) is 72.2 Å². The lowest BCUT2D eigenvalue weighted by Crippen LogP contribution is -2.61. The number of aliphatic imine (C=N–C) groups is 1. The number of nitrogens with one attached hydrogen (secondary N) is 14. The van der Waals surface area contributed by atoms with E-state index in [4.69, 9.17) is 11.5 Å². The molecule has 5 aromatic rings. The van der Waals surface area contributed by atoms with E-state index in [1.165, 1.54) is 64.6 Å². The van der Waals surface area contributed by atoms with Gasteiger partial charge in [-0.05, 0) is 110 Å². The summed E-state index contributed by atoms with van der Waals surface area (Å²) < 4.78 is 0. The molecule has 1 fully saturated rings. The Hall–Kier alpha value is -13.3. The number of rotatable bonds is 31. The van der Waals surface area contributed by atoms with E-state index in [1.807, 2.05) is 67.6 Å². The number of ketones is 1. The van der Waals surface area contributed by atoms with Crippen molar-refractivity contribution in [1.82, 2.24) is 79.1 Å². The normalized spacial score (nSPS) is 22.8. The van der Waals surface area contributed by atoms with Gasteiger partial charge in [0.2, 0.25) is 76.8 Å². The van der Waals surface area contributed by atoms with Crippen LogP contribution in [0.5, 0.6) is 5.75 Å². The summed E-state index contributed by atoms with van der Waals surface area (Å²) in [6, 6.07) is 11.4. The number of amides is 13. The van der Waals surface area contributed by atoms with E-state index in [1.54, 1.807) is 38.1 Å². The van der Waals surface area contributed by atoms with E-state index in [0.717, 1.165) is 28.5 Å². The number of thioether (sulfide) groups is 1. The maximum atomic E-state index is 15.3. The highest BCUT2D eigenvalue weighted by Gasteiger charge is 2.40. The number of carboxylic acids is 3. The molecule has 1 aromatic heterocycles. The Morgan fingerprint density at radius 3 is 1.51 bits per heavy atom. The molecule has 2 heterocycles. The standard InChI is InChI=1S/C89H122N18O21S/c1-8-9-12-25-61-81(121)102-68(41-55-30-34-60(108)35-31-55)86(126)101-65(44-59-46-93-49-95-59)71(109)42-58(43-74(113)114)79(119)98-64(36-37-73(111)112)83(123)107-76(51(4)5)88(128)105-66(39-50(2)3)84(124)103-67(40-54-28-32-57(33-29-54)56-23-15-11-16-24-56)85(125)100-62(26-18-17-22-53-20-13-10-14-21-53)82(122)104-69(45-75(115)116)87(127)106-70(77(90)117)47-129-48-72(110)96-52(6)78(118)97-63(80(120)99-61)27-19-38-94-89(91)92-7/h10-11,13-16,20-21,23-24,28-35,46,49-52,58,61-70,76,108H,8-9,12,17-19,22,25-27,36-45,47-48H2,1-7H3,(H2,90,117)(H,93,95)(H,96,110)(H,97,118)(H,98,119)(H,99,120)(H,100,125)(H,101,126)(H,102,121)(H,103,124)(H,104,122)(H,105,128)(H,106,127)(H,107,123)(H,111,112)(H,113,114)(H,115,116)(H3,91,92,94)/t52-,58-,61-,62-,63-,64-,65-,66-,67-,68-,69-,70-,76-/m0/s1. The number of aryl methyl sites for hydroxylation is 1. The molecule has 40 heteroatoms. The second-order valence-electron chi connectivity index (χ2n) is 32.5. The van der Waals surface area contributed by atoms with Gasteiger partial charge in [0.25, 0.3) is 0 Å². The van der Waals surface area contributed by atoms with Gasteiger partial charge in [-0.2, -0.15) is 0 Å². The number of aromatic amines is 1. The van der Waals surface area contributed by atoms with Crippen LogP contribution in [0, 0.1) is 17.8 Å². The second-order valence-corrected chi connectivity index (χ2v) is 33.5. The number of imidazole rings is 1. The summed E-state index contributed by atoms with van der Waals surface area (Å²) >= 11 is 0.741. The molecule has 1 aliphatic rings. The van der Waals surface area contributed by atoms with Crippen molar-refractivity contribution in [3.05, 3.63) is 144 Å². The number of hydrogen-bond donors (Lipinski definition) is 20. The summed E-state index contributed by atoms with van der Waals surface area (Å²) in [5.74, 6) is -23.4. The quantitative estimate of drug-likeness (QED) is 0.0169. The maximum Gasteiger partial charge on any atom is 0.305 e. The number of aromatic hydroxyl groups is 1. The summed E-state index contributed by atoms with van der Waals surface area (Å²) in [5.41, 5.74) is 15.2. The number of phenols is 1. The number of Topliss-reactive ketones (excluding diaryl/α,β-unsaturated/α-hetero) is 1. The number of H-pyrrole nitrogens is 1. The van der Waals surface area contributed by atoms with Crippen molar-refractivity contribution in [1.29, 1.82) is 0 Å². The molecular weight excluding hydrogens is 1690 g/mol. The summed E-state index contributed by atoms with van der Waals surface area (Å²) in [6.07, 6.45) is -0.835. The largest absolute Gasteiger partial charge is 0.508 e. The van der Waals surface area contributed by atoms with Crippen molar-refractivity contribution in [3.8, 4) is 16.9 Å². The molecule has 129 heavy (non-hydrogen) atoms. The monoisotopic (exact) mass is 1810 g/mol. The molecule has 0 aliphatic carbocycles. The minimum absolute atomic E-state index is 0.0399. The number of hydrogen-bond acceptors (Lipinski definition) is 21. The number of carbonyl (C=O) groups is 17. The lowest BCUT2D eigenvalue weighted by Gasteiger charge is -2.29. The van der Waals surface area contributed by atoms with Gasteiger partial charge < -0.3 is 106 Å². The average molecular weight is 1810 g/mol. The molecule has 1 saturated heterocycles. The molecule has 0 saturated carbocycles. The minimum Gasteiger partial charge on any atom is -0.508 e. The number of phenolic OH excluding ortho intramolecular Hbond substituents is 1. The smallest absolute Gasteiger partial charge is 0.305 e. The molecule has 6 rings (SSSR count). The van der Waals surface area contributed by atoms with Crippen molar-refractivity contribution in [2.24, 2.45) is 34.2 Å². The Balaban J connectivity index is 1.45. The Morgan fingerprint density at radius 2 is 0.977 bits per heavy atom. The number of benzene rings is 4. The zero-order valence-corrected chi connectivity index (χ0v) is 74.3. The van der Waals surface area contributed by atoms with Crippen LogP contribution in [-0.2, 0) is 107 Å². The number of nitrogens with zero attached hydrogens (tertiary/aromatic N) is 2. The van der Waals surface area contributed by atoms with Crippen LogP contribution in [0.1, 0.15) is 160 Å². The number of nitrogens with two attached hydrogens (primary N) is 2. The number of aromatic nitrogens is 2. The number of aliphatic carboxylic acids is 3. The molecule has 39 nitrogen and oxygen atoms in total. The number of unbranched alkanes of at least 4 members (excludes halogenated alkanes) is 3. The van der Waals surface area contributed by atoms with Crippen LogP contribution < -0.4 is 80.6 Å². The Labute approximate surface area is 751 Å². The van der Waals surface area contributed by atoms with Crippen LogP contribution in [0.3, 0.4) is 0 Å². The van der Waals surface area contributed by atoms with Gasteiger partial charge in [-0.25, -0.2) is 4.98 Å². The predicted octanol–water partition coefficient (Wildman–Crippen LogP) is 1.28. The third-order valence-electron chi connectivity index (χ3n) is 21.1. The molecule has 0 bridgehead atoms. The first-order valence-electron chi connectivity index (χ1n) is 43.0. The number of carbonyl (C=O) groups excluding carboxylic acids is 14. The number of primary amides is 1. The molecule has 700 valence electrons. The summed E-state index contributed by atoms with van der Waals surface area (Å²) in [5, 5.41) is 74.7. The first-order chi connectivity index (χ1) is 61.4. The van der Waals surface area contributed by atoms with Gasteiger partial charge in [0, 0.05) is 57.6 Å². The summed E-state index contributed by atoms with van der Waals surface area (Å²) in [4.78, 5) is 254.